The maximum absolute atomic E-state index is 5.19. The molecule has 0 aliphatic carbocycles. The van der Waals surface area contributed by atoms with Crippen LogP contribution in [-0.2, 0) is 13.1 Å². The molecule has 158 valence electrons. The number of hydrogen-bond acceptors (Lipinski definition) is 7. The van der Waals surface area contributed by atoms with Crippen molar-refractivity contribution in [3.8, 4) is 17.1 Å². The van der Waals surface area contributed by atoms with Crippen LogP contribution in [0.25, 0.3) is 11.4 Å². The number of piperazine rings is 1. The molecule has 1 aliphatic rings. The number of aromatic nitrogens is 4. The van der Waals surface area contributed by atoms with E-state index in [0.29, 0.717) is 12.4 Å². The first-order valence-electron chi connectivity index (χ1n) is 9.88. The van der Waals surface area contributed by atoms with E-state index in [1.807, 2.05) is 30.3 Å². The molecule has 2 aromatic heterocycles. The number of H-pyrrole nitrogens is 1. The van der Waals surface area contributed by atoms with Gasteiger partial charge in [0.2, 0.25) is 0 Å². The van der Waals surface area contributed by atoms with Gasteiger partial charge >= 0.3 is 0 Å². The Labute approximate surface area is 174 Å². The second-order valence-electron chi connectivity index (χ2n) is 6.99. The average Bonchev–Trinajstić information content (AvgIpc) is 3.48. The molecule has 0 saturated carbocycles. The first kappa shape index (κ1) is 19.9. The van der Waals surface area contributed by atoms with Crippen LogP contribution in [-0.4, -0.2) is 76.4 Å². The number of aliphatic imine (C=N–C) groups is 1. The summed E-state index contributed by atoms with van der Waals surface area (Å²) in [6.07, 6.45) is 1.61. The van der Waals surface area contributed by atoms with Gasteiger partial charge in [0.15, 0.2) is 11.8 Å². The van der Waals surface area contributed by atoms with E-state index < -0.39 is 0 Å². The molecule has 0 radical (unpaired) electrons. The van der Waals surface area contributed by atoms with E-state index in [1.165, 1.54) is 0 Å². The van der Waals surface area contributed by atoms with Crippen molar-refractivity contribution in [3.63, 3.8) is 0 Å². The fraction of sp³-hybridized carbons (Fsp3) is 0.400. The first-order valence-corrected chi connectivity index (χ1v) is 9.88. The molecule has 10 heteroatoms. The van der Waals surface area contributed by atoms with Crippen molar-refractivity contribution in [1.82, 2.24) is 35.5 Å². The number of benzene rings is 1. The van der Waals surface area contributed by atoms with Crippen molar-refractivity contribution < 1.29 is 9.26 Å². The molecule has 4 rings (SSSR count). The average molecular weight is 410 g/mol. The minimum atomic E-state index is 0.523. The van der Waals surface area contributed by atoms with E-state index >= 15 is 0 Å². The summed E-state index contributed by atoms with van der Waals surface area (Å²) >= 11 is 0. The van der Waals surface area contributed by atoms with Crippen molar-refractivity contribution in [2.24, 2.45) is 4.99 Å². The summed E-state index contributed by atoms with van der Waals surface area (Å²) in [5.74, 6) is 3.08. The van der Waals surface area contributed by atoms with Crippen LogP contribution in [0.1, 0.15) is 11.5 Å². The van der Waals surface area contributed by atoms with E-state index in [4.69, 9.17) is 9.26 Å². The van der Waals surface area contributed by atoms with Gasteiger partial charge in [0.05, 0.1) is 19.3 Å². The molecule has 0 atom stereocenters. The third kappa shape index (κ3) is 4.77. The molecule has 1 aromatic carbocycles. The van der Waals surface area contributed by atoms with E-state index in [2.05, 4.69) is 40.4 Å². The zero-order valence-corrected chi connectivity index (χ0v) is 17.2. The van der Waals surface area contributed by atoms with E-state index in [0.717, 1.165) is 61.5 Å². The molecule has 1 aliphatic heterocycles. The quantitative estimate of drug-likeness (QED) is 0.463. The number of aromatic amines is 1. The summed E-state index contributed by atoms with van der Waals surface area (Å²) in [5, 5.41) is 14.7. The van der Waals surface area contributed by atoms with Crippen LogP contribution in [0.3, 0.4) is 0 Å². The highest BCUT2D eigenvalue weighted by Crippen LogP contribution is 2.18. The molecular formula is C20H26N8O2. The van der Waals surface area contributed by atoms with Crippen molar-refractivity contribution >= 4 is 5.96 Å². The Kier molecular flexibility index (Phi) is 6.23. The van der Waals surface area contributed by atoms with Gasteiger partial charge in [-0.2, -0.15) is 5.10 Å². The number of hydrogen-bond donors (Lipinski definition) is 2. The summed E-state index contributed by atoms with van der Waals surface area (Å²) in [4.78, 5) is 13.6. The molecule has 0 amide bonds. The Morgan fingerprint density at radius 2 is 2.00 bits per heavy atom. The lowest BCUT2D eigenvalue weighted by molar-refractivity contribution is 0.169. The van der Waals surface area contributed by atoms with Crippen molar-refractivity contribution in [2.75, 3.05) is 40.3 Å². The molecule has 0 unspecified atom stereocenters. The van der Waals surface area contributed by atoms with E-state index in [9.17, 15) is 0 Å². The number of rotatable bonds is 6. The zero-order chi connectivity index (χ0) is 20.8. The highest BCUT2D eigenvalue weighted by Gasteiger charge is 2.20. The van der Waals surface area contributed by atoms with E-state index in [-0.39, 0.29) is 0 Å². The molecule has 1 saturated heterocycles. The third-order valence-corrected chi connectivity index (χ3v) is 5.05. The Bertz CT molecular complexity index is 944. The lowest BCUT2D eigenvalue weighted by Crippen LogP contribution is -2.52. The fourth-order valence-corrected chi connectivity index (χ4v) is 3.40. The minimum Gasteiger partial charge on any atom is -0.497 e. The lowest BCUT2D eigenvalue weighted by Gasteiger charge is -2.36. The zero-order valence-electron chi connectivity index (χ0n) is 17.2. The van der Waals surface area contributed by atoms with Gasteiger partial charge in [-0.25, -0.2) is 4.98 Å². The van der Waals surface area contributed by atoms with Gasteiger partial charge in [-0.3, -0.25) is 15.0 Å². The largest absolute Gasteiger partial charge is 0.497 e. The van der Waals surface area contributed by atoms with Crippen LogP contribution in [0, 0.1) is 0 Å². The van der Waals surface area contributed by atoms with Crippen LogP contribution in [0.2, 0.25) is 0 Å². The van der Waals surface area contributed by atoms with Gasteiger partial charge in [0.25, 0.3) is 0 Å². The molecule has 0 bridgehead atoms. The standard InChI is InChI=1S/C20H26N8O2/c1-21-20(28-10-8-27(9-11-28)14-16-7-12-30-26-16)22-13-18-23-19(25-24-18)15-3-5-17(29-2)6-4-15/h3-7,12H,8-11,13-14H2,1-2H3,(H,21,22)(H,23,24,25). The molecule has 3 heterocycles. The number of nitrogens with zero attached hydrogens (tertiary/aromatic N) is 6. The number of guanidine groups is 1. The summed E-state index contributed by atoms with van der Waals surface area (Å²) in [7, 11) is 3.45. The Morgan fingerprint density at radius 3 is 2.67 bits per heavy atom. The maximum atomic E-state index is 5.19. The van der Waals surface area contributed by atoms with E-state index in [1.54, 1.807) is 20.4 Å². The lowest BCUT2D eigenvalue weighted by atomic mass is 10.2. The summed E-state index contributed by atoms with van der Waals surface area (Å²) in [6.45, 7) is 5.00. The SMILES string of the molecule is CN=C(NCc1nc(-c2ccc(OC)cc2)n[nH]1)N1CCN(Cc2ccon2)CC1. The second kappa shape index (κ2) is 9.40. The van der Waals surface area contributed by atoms with Gasteiger partial charge in [-0.15, -0.1) is 0 Å². The maximum Gasteiger partial charge on any atom is 0.194 e. The molecule has 1 fully saturated rings. The van der Waals surface area contributed by atoms with Crippen LogP contribution in [0.5, 0.6) is 5.75 Å². The van der Waals surface area contributed by atoms with Crippen LogP contribution < -0.4 is 10.1 Å². The fourth-order valence-electron chi connectivity index (χ4n) is 3.40. The predicted molar refractivity (Wildman–Crippen MR) is 112 cm³/mol. The Morgan fingerprint density at radius 1 is 1.20 bits per heavy atom. The van der Waals surface area contributed by atoms with Crippen molar-refractivity contribution in [2.45, 2.75) is 13.1 Å². The molecule has 2 N–H and O–H groups in total. The van der Waals surface area contributed by atoms with Crippen LogP contribution >= 0.6 is 0 Å². The number of ether oxygens (including phenoxy) is 1. The second-order valence-corrected chi connectivity index (χ2v) is 6.99. The summed E-state index contributed by atoms with van der Waals surface area (Å²) in [5.41, 5.74) is 1.90. The molecule has 0 spiro atoms. The first-order chi connectivity index (χ1) is 14.7. The molecular weight excluding hydrogens is 384 g/mol. The highest BCUT2D eigenvalue weighted by atomic mass is 16.5. The van der Waals surface area contributed by atoms with Crippen LogP contribution in [0.15, 0.2) is 46.1 Å². The smallest absolute Gasteiger partial charge is 0.194 e. The van der Waals surface area contributed by atoms with Gasteiger partial charge in [-0.05, 0) is 24.3 Å². The predicted octanol–water partition coefficient (Wildman–Crippen LogP) is 1.36. The van der Waals surface area contributed by atoms with Crippen molar-refractivity contribution in [3.05, 3.63) is 48.1 Å². The number of nitrogens with one attached hydrogen (secondary N) is 2. The molecule has 30 heavy (non-hydrogen) atoms. The normalized spacial score (nSPS) is 15.4. The van der Waals surface area contributed by atoms with Crippen LogP contribution in [0.4, 0.5) is 0 Å². The van der Waals surface area contributed by atoms with Gasteiger partial charge in [0, 0.05) is 51.4 Å². The summed E-state index contributed by atoms with van der Waals surface area (Å²) in [6, 6.07) is 9.58. The number of methoxy groups -OCH3 is 1. The Hall–Kier alpha value is -3.40. The molecule has 3 aromatic rings. The highest BCUT2D eigenvalue weighted by molar-refractivity contribution is 5.79. The van der Waals surface area contributed by atoms with Gasteiger partial charge < -0.3 is 19.5 Å². The van der Waals surface area contributed by atoms with Crippen molar-refractivity contribution in [1.29, 1.82) is 0 Å². The topological polar surface area (TPSA) is 108 Å². The van der Waals surface area contributed by atoms with Gasteiger partial charge in [-0.1, -0.05) is 5.16 Å². The van der Waals surface area contributed by atoms with Gasteiger partial charge in [0.1, 0.15) is 17.8 Å². The Balaban J connectivity index is 1.28. The minimum absolute atomic E-state index is 0.523. The molecule has 10 nitrogen and oxygen atoms in total. The third-order valence-electron chi connectivity index (χ3n) is 5.05. The summed E-state index contributed by atoms with van der Waals surface area (Å²) < 4.78 is 10.1. The monoisotopic (exact) mass is 410 g/mol.